The van der Waals surface area contributed by atoms with Crippen molar-refractivity contribution in [1.29, 1.82) is 0 Å². The quantitative estimate of drug-likeness (QED) is 0.389. The minimum atomic E-state index is 1.19. The molecule has 0 bridgehead atoms. The summed E-state index contributed by atoms with van der Waals surface area (Å²) in [6.45, 7) is 13.1. The Labute approximate surface area is 149 Å². The first kappa shape index (κ1) is 15.9. The fourth-order valence-electron chi connectivity index (χ4n) is 3.94. The summed E-state index contributed by atoms with van der Waals surface area (Å²) in [7, 11) is 0. The Balaban J connectivity index is 2.42. The van der Waals surface area contributed by atoms with Crippen LogP contribution in [0.2, 0.25) is 0 Å². The molecule has 25 heavy (non-hydrogen) atoms. The van der Waals surface area contributed by atoms with E-state index in [4.69, 9.17) is 0 Å². The smallest absolute Gasteiger partial charge is 0.00822 e. The van der Waals surface area contributed by atoms with Crippen LogP contribution >= 0.6 is 0 Å². The van der Waals surface area contributed by atoms with Crippen molar-refractivity contribution in [3.63, 3.8) is 0 Å². The maximum atomic E-state index is 3.49. The first-order valence-corrected chi connectivity index (χ1v) is 8.96. The van der Waals surface area contributed by atoms with Gasteiger partial charge in [-0.2, -0.15) is 0 Å². The lowest BCUT2D eigenvalue weighted by Gasteiger charge is -2.13. The number of hydrogen-bond donors (Lipinski definition) is 0. The normalized spacial score (nSPS) is 13.7. The standard InChI is InChI=1S/C25H24/c1-14-7-15(2)9-21-20(8-14)22-10-16(3)18(5)12-24(22)25-13-19(6)17(4)11-23(21)25/h8-13H,1-6H3. The van der Waals surface area contributed by atoms with E-state index in [9.17, 15) is 0 Å². The van der Waals surface area contributed by atoms with Gasteiger partial charge in [0.05, 0.1) is 0 Å². The Kier molecular flexibility index (Phi) is 3.49. The first-order chi connectivity index (χ1) is 11.8. The van der Waals surface area contributed by atoms with Gasteiger partial charge in [-0.15, -0.1) is 5.73 Å². The number of aryl methyl sites for hydroxylation is 4. The predicted molar refractivity (Wildman–Crippen MR) is 110 cm³/mol. The Morgan fingerprint density at radius 3 is 1.16 bits per heavy atom. The van der Waals surface area contributed by atoms with Crippen LogP contribution in [0.5, 0.6) is 0 Å². The predicted octanol–water partition coefficient (Wildman–Crippen LogP) is 5.29. The largest absolute Gasteiger partial charge is 0.114 e. The van der Waals surface area contributed by atoms with Crippen molar-refractivity contribution in [2.24, 2.45) is 0 Å². The lowest BCUT2D eigenvalue weighted by molar-refractivity contribution is 1.35. The zero-order valence-electron chi connectivity index (χ0n) is 16.0. The fraction of sp³-hybridized carbons (Fsp3) is 0.240. The van der Waals surface area contributed by atoms with E-state index in [2.05, 4.69) is 83.7 Å². The van der Waals surface area contributed by atoms with Crippen molar-refractivity contribution >= 4 is 33.7 Å². The van der Waals surface area contributed by atoms with E-state index in [-0.39, 0.29) is 0 Å². The van der Waals surface area contributed by atoms with E-state index in [0.29, 0.717) is 0 Å². The van der Waals surface area contributed by atoms with E-state index in [1.807, 2.05) is 0 Å². The molecule has 0 heteroatoms. The highest BCUT2D eigenvalue weighted by atomic mass is 14.1. The van der Waals surface area contributed by atoms with Gasteiger partial charge < -0.3 is 0 Å². The lowest BCUT2D eigenvalue weighted by Crippen LogP contribution is -2.27. The van der Waals surface area contributed by atoms with Crippen LogP contribution < -0.4 is 10.4 Å². The molecule has 0 saturated carbocycles. The molecule has 0 N–H and O–H groups in total. The second-order valence-corrected chi connectivity index (χ2v) is 7.57. The molecule has 3 aromatic rings. The summed E-state index contributed by atoms with van der Waals surface area (Å²) in [5.41, 5.74) is 11.3. The molecule has 3 aromatic carbocycles. The van der Waals surface area contributed by atoms with Crippen molar-refractivity contribution in [3.8, 4) is 0 Å². The number of fused-ring (bicyclic) bond motifs is 6. The van der Waals surface area contributed by atoms with Crippen molar-refractivity contribution in [1.82, 2.24) is 0 Å². The molecule has 1 aliphatic rings. The molecule has 0 heterocycles. The second kappa shape index (κ2) is 5.48. The molecular weight excluding hydrogens is 300 g/mol. The Morgan fingerprint density at radius 2 is 0.800 bits per heavy atom. The van der Waals surface area contributed by atoms with Crippen LogP contribution in [0.3, 0.4) is 0 Å². The van der Waals surface area contributed by atoms with Crippen molar-refractivity contribution in [2.75, 3.05) is 0 Å². The molecule has 0 amide bonds. The third-order valence-electron chi connectivity index (χ3n) is 5.54. The van der Waals surface area contributed by atoms with E-state index < -0.39 is 0 Å². The molecular formula is C25H24. The van der Waals surface area contributed by atoms with Crippen molar-refractivity contribution in [2.45, 2.75) is 41.5 Å². The van der Waals surface area contributed by atoms with Crippen LogP contribution in [-0.2, 0) is 0 Å². The minimum absolute atomic E-state index is 1.19. The summed E-state index contributed by atoms with van der Waals surface area (Å²) in [6, 6.07) is 9.44. The average molecular weight is 324 g/mol. The second-order valence-electron chi connectivity index (χ2n) is 7.57. The van der Waals surface area contributed by atoms with Gasteiger partial charge in [-0.05, 0) is 119 Å². The minimum Gasteiger partial charge on any atom is -0.114 e. The van der Waals surface area contributed by atoms with Crippen molar-refractivity contribution in [3.05, 3.63) is 73.8 Å². The molecule has 124 valence electrons. The molecule has 0 aliphatic heterocycles. The number of benzene rings is 3. The van der Waals surface area contributed by atoms with Gasteiger partial charge in [0.1, 0.15) is 0 Å². The van der Waals surface area contributed by atoms with Gasteiger partial charge >= 0.3 is 0 Å². The van der Waals surface area contributed by atoms with E-state index in [0.717, 1.165) is 0 Å². The van der Waals surface area contributed by atoms with Gasteiger partial charge in [-0.3, -0.25) is 0 Å². The Morgan fingerprint density at radius 1 is 0.480 bits per heavy atom. The molecule has 4 rings (SSSR count). The number of rotatable bonds is 0. The zero-order chi connectivity index (χ0) is 17.9. The van der Waals surface area contributed by atoms with Gasteiger partial charge in [0.25, 0.3) is 0 Å². The summed E-state index contributed by atoms with van der Waals surface area (Å²) < 4.78 is 0. The maximum absolute atomic E-state index is 3.49. The van der Waals surface area contributed by atoms with Gasteiger partial charge in [0, 0.05) is 0 Å². The highest BCUT2D eigenvalue weighted by Crippen LogP contribution is 2.26. The van der Waals surface area contributed by atoms with Crippen LogP contribution in [0.4, 0.5) is 0 Å². The molecule has 0 nitrogen and oxygen atoms in total. The third-order valence-corrected chi connectivity index (χ3v) is 5.54. The molecule has 0 fully saturated rings. The Hall–Kier alpha value is -2.56. The molecule has 0 aromatic heterocycles. The van der Waals surface area contributed by atoms with Crippen molar-refractivity contribution < 1.29 is 0 Å². The molecule has 1 aliphatic carbocycles. The van der Waals surface area contributed by atoms with Gasteiger partial charge in [-0.25, -0.2) is 0 Å². The van der Waals surface area contributed by atoms with Gasteiger partial charge in [0.2, 0.25) is 0 Å². The fourth-order valence-corrected chi connectivity index (χ4v) is 3.94. The third kappa shape index (κ3) is 2.46. The van der Waals surface area contributed by atoms with E-state index in [1.54, 1.807) is 0 Å². The van der Waals surface area contributed by atoms with E-state index >= 15 is 0 Å². The Bertz CT molecular complexity index is 1160. The van der Waals surface area contributed by atoms with Crippen LogP contribution in [0.1, 0.15) is 36.1 Å². The topological polar surface area (TPSA) is 0 Å². The van der Waals surface area contributed by atoms with E-state index in [1.165, 1.54) is 65.4 Å². The summed E-state index contributed by atoms with van der Waals surface area (Å²) in [4.78, 5) is 0. The molecule has 0 spiro atoms. The first-order valence-electron chi connectivity index (χ1n) is 8.96. The molecule has 0 radical (unpaired) electrons. The monoisotopic (exact) mass is 324 g/mol. The molecule has 0 atom stereocenters. The maximum Gasteiger partial charge on any atom is -0.00822 e. The number of allylic oxidation sites excluding steroid dienone is 1. The summed E-state index contributed by atoms with van der Waals surface area (Å²) in [5.74, 6) is 0. The average Bonchev–Trinajstić information content (AvgIpc) is 2.69. The lowest BCUT2D eigenvalue weighted by atomic mass is 9.91. The summed E-state index contributed by atoms with van der Waals surface area (Å²) >= 11 is 0. The molecule has 0 saturated heterocycles. The van der Waals surface area contributed by atoms with Crippen LogP contribution in [0.15, 0.2) is 41.1 Å². The van der Waals surface area contributed by atoms with Crippen LogP contribution in [0.25, 0.3) is 33.7 Å². The summed E-state index contributed by atoms with van der Waals surface area (Å²) in [5, 5.41) is 8.07. The molecule has 0 unspecified atom stereocenters. The van der Waals surface area contributed by atoms with Gasteiger partial charge in [-0.1, -0.05) is 24.3 Å². The highest BCUT2D eigenvalue weighted by molar-refractivity contribution is 6.09. The highest BCUT2D eigenvalue weighted by Gasteiger charge is 2.10. The number of hydrogen-bond acceptors (Lipinski definition) is 0. The van der Waals surface area contributed by atoms with Crippen LogP contribution in [0, 0.1) is 27.7 Å². The van der Waals surface area contributed by atoms with Gasteiger partial charge in [0.15, 0.2) is 0 Å². The zero-order valence-corrected chi connectivity index (χ0v) is 16.0. The van der Waals surface area contributed by atoms with Crippen LogP contribution in [-0.4, -0.2) is 0 Å². The SMILES string of the molecule is CC1=C=C(C)C=c2c(c3cc(C)c(C)cc3c3cc(C)c(C)cc23)=C1. The summed E-state index contributed by atoms with van der Waals surface area (Å²) in [6.07, 6.45) is 4.60.